The highest BCUT2D eigenvalue weighted by molar-refractivity contribution is 7.48. The first-order valence-corrected chi connectivity index (χ1v) is 10.3. The van der Waals surface area contributed by atoms with Crippen molar-refractivity contribution >= 4 is 8.38 Å². The van der Waals surface area contributed by atoms with Crippen molar-refractivity contribution in [1.29, 1.82) is 0 Å². The summed E-state index contributed by atoms with van der Waals surface area (Å²) < 4.78 is 12.1. The van der Waals surface area contributed by atoms with E-state index in [0.717, 1.165) is 17.1 Å². The number of para-hydroxylation sites is 2. The zero-order valence-corrected chi connectivity index (χ0v) is 16.1. The lowest BCUT2D eigenvalue weighted by atomic mass is 10.0. The van der Waals surface area contributed by atoms with Crippen LogP contribution in [0, 0.1) is 0 Å². The molecule has 5 heteroatoms. The Labute approximate surface area is 161 Å². The molecule has 0 aliphatic heterocycles. The number of nitrogens with one attached hydrogen (secondary N) is 1. The number of aliphatic hydroxyl groups is 1. The number of hydrogen-bond acceptors (Lipinski definition) is 4. The van der Waals surface area contributed by atoms with Gasteiger partial charge in [0.25, 0.3) is 0 Å². The van der Waals surface area contributed by atoms with Crippen molar-refractivity contribution in [3.8, 4) is 11.5 Å². The van der Waals surface area contributed by atoms with Gasteiger partial charge in [0.2, 0.25) is 0 Å². The van der Waals surface area contributed by atoms with Crippen molar-refractivity contribution in [1.82, 2.24) is 5.32 Å². The van der Waals surface area contributed by atoms with Crippen molar-refractivity contribution in [3.63, 3.8) is 0 Å². The highest BCUT2D eigenvalue weighted by atomic mass is 31.2. The highest BCUT2D eigenvalue weighted by Gasteiger charge is 2.20. The zero-order valence-electron chi connectivity index (χ0n) is 15.2. The van der Waals surface area contributed by atoms with Gasteiger partial charge in [-0.1, -0.05) is 66.7 Å². The summed E-state index contributed by atoms with van der Waals surface area (Å²) in [6.07, 6.45) is -0.110. The van der Waals surface area contributed by atoms with Gasteiger partial charge in [-0.15, -0.1) is 0 Å². The lowest BCUT2D eigenvalue weighted by Gasteiger charge is -2.24. The molecule has 3 aromatic carbocycles. The van der Waals surface area contributed by atoms with E-state index in [1.807, 2.05) is 97.9 Å². The molecule has 0 spiro atoms. The van der Waals surface area contributed by atoms with Gasteiger partial charge in [-0.2, -0.15) is 0 Å². The average molecular weight is 381 g/mol. The maximum absolute atomic E-state index is 10.5. The Morgan fingerprint density at radius 3 is 1.70 bits per heavy atom. The zero-order chi connectivity index (χ0) is 18.9. The summed E-state index contributed by atoms with van der Waals surface area (Å²) in [4.78, 5) is 0. The summed E-state index contributed by atoms with van der Waals surface area (Å²) in [5.41, 5.74) is 0.884. The first kappa shape index (κ1) is 19.4. The highest BCUT2D eigenvalue weighted by Crippen LogP contribution is 2.39. The maximum Gasteiger partial charge on any atom is 0.305 e. The lowest BCUT2D eigenvalue weighted by molar-refractivity contribution is 0.138. The molecule has 0 heterocycles. The molecule has 3 rings (SSSR count). The molecular weight excluding hydrogens is 357 g/mol. The fourth-order valence-electron chi connectivity index (χ4n) is 2.55. The van der Waals surface area contributed by atoms with Crippen LogP contribution >= 0.6 is 8.38 Å². The van der Waals surface area contributed by atoms with E-state index >= 15 is 0 Å². The number of rotatable bonds is 9. The predicted molar refractivity (Wildman–Crippen MR) is 110 cm³/mol. The number of benzene rings is 3. The van der Waals surface area contributed by atoms with Crippen molar-refractivity contribution in [2.24, 2.45) is 0 Å². The molecule has 0 saturated carbocycles. The van der Waals surface area contributed by atoms with Crippen LogP contribution in [0.15, 0.2) is 91.0 Å². The van der Waals surface area contributed by atoms with Crippen LogP contribution in [0.25, 0.3) is 0 Å². The lowest BCUT2D eigenvalue weighted by Crippen LogP contribution is -2.33. The third-order valence-electron chi connectivity index (χ3n) is 4.06. The first-order valence-electron chi connectivity index (χ1n) is 8.92. The van der Waals surface area contributed by atoms with Crippen LogP contribution < -0.4 is 14.4 Å². The van der Waals surface area contributed by atoms with Gasteiger partial charge < -0.3 is 19.5 Å². The van der Waals surface area contributed by atoms with E-state index in [2.05, 4.69) is 5.32 Å². The predicted octanol–water partition coefficient (Wildman–Crippen LogP) is 5.13. The topological polar surface area (TPSA) is 50.7 Å². The summed E-state index contributed by atoms with van der Waals surface area (Å²) in [6, 6.07) is 28.8. The Hall–Kier alpha value is -2.39. The molecule has 0 radical (unpaired) electrons. The molecule has 2 atom stereocenters. The third-order valence-corrected chi connectivity index (χ3v) is 5.33. The van der Waals surface area contributed by atoms with Gasteiger partial charge in [0.15, 0.2) is 0 Å². The molecule has 4 nitrogen and oxygen atoms in total. The quantitative estimate of drug-likeness (QED) is 0.505. The monoisotopic (exact) mass is 381 g/mol. The van der Waals surface area contributed by atoms with Gasteiger partial charge >= 0.3 is 8.38 Å². The standard InChI is InChI=1S/C22H24NO3P/c1-18(22(24)19-11-5-2-6-12-19)23-17-27(25-20-13-7-3-8-14-20)26-21-15-9-4-10-16-21/h2-16,18,22-24H,17H2,1H3. The van der Waals surface area contributed by atoms with Crippen LogP contribution in [0.5, 0.6) is 11.5 Å². The number of aliphatic hydroxyl groups excluding tert-OH is 1. The fraction of sp³-hybridized carbons (Fsp3) is 0.182. The molecule has 2 unspecified atom stereocenters. The molecular formula is C22H24NO3P. The third kappa shape index (κ3) is 6.07. The largest absolute Gasteiger partial charge is 0.438 e. The normalized spacial score (nSPS) is 13.1. The molecule has 140 valence electrons. The van der Waals surface area contributed by atoms with Crippen LogP contribution in [0.4, 0.5) is 0 Å². The molecule has 0 aliphatic carbocycles. The molecule has 0 aliphatic rings. The average Bonchev–Trinajstić information content (AvgIpc) is 2.73. The van der Waals surface area contributed by atoms with E-state index in [1.165, 1.54) is 0 Å². The van der Waals surface area contributed by atoms with Crippen LogP contribution in [-0.4, -0.2) is 17.4 Å². The van der Waals surface area contributed by atoms with E-state index in [4.69, 9.17) is 9.05 Å². The van der Waals surface area contributed by atoms with Gasteiger partial charge in [-0.3, -0.25) is 0 Å². The molecule has 0 aromatic heterocycles. The van der Waals surface area contributed by atoms with Crippen LogP contribution in [-0.2, 0) is 0 Å². The maximum atomic E-state index is 10.5. The van der Waals surface area contributed by atoms with Crippen molar-refractivity contribution in [2.45, 2.75) is 19.1 Å². The minimum absolute atomic E-state index is 0.142. The fourth-order valence-corrected chi connectivity index (χ4v) is 3.87. The van der Waals surface area contributed by atoms with Gasteiger partial charge in [0.05, 0.1) is 12.4 Å². The molecule has 0 bridgehead atoms. The van der Waals surface area contributed by atoms with E-state index in [9.17, 15) is 5.11 Å². The second-order valence-corrected chi connectivity index (χ2v) is 7.49. The van der Waals surface area contributed by atoms with Gasteiger partial charge in [-0.25, -0.2) is 0 Å². The van der Waals surface area contributed by atoms with Crippen LogP contribution in [0.1, 0.15) is 18.6 Å². The first-order chi connectivity index (χ1) is 13.2. The Bertz CT molecular complexity index is 745. The SMILES string of the molecule is CC(NCP(Oc1ccccc1)Oc1ccccc1)C(O)c1ccccc1. The van der Waals surface area contributed by atoms with Crippen molar-refractivity contribution in [2.75, 3.05) is 6.29 Å². The molecule has 3 aromatic rings. The summed E-state index contributed by atoms with van der Waals surface area (Å²) in [5.74, 6) is 1.52. The number of hydrogen-bond donors (Lipinski definition) is 2. The van der Waals surface area contributed by atoms with E-state index in [0.29, 0.717) is 6.29 Å². The second-order valence-electron chi connectivity index (χ2n) is 6.15. The summed E-state index contributed by atoms with van der Waals surface area (Å²) in [7, 11) is -1.26. The van der Waals surface area contributed by atoms with E-state index < -0.39 is 14.5 Å². The van der Waals surface area contributed by atoms with Crippen LogP contribution in [0.2, 0.25) is 0 Å². The van der Waals surface area contributed by atoms with Crippen molar-refractivity contribution in [3.05, 3.63) is 96.6 Å². The summed E-state index contributed by atoms with van der Waals surface area (Å²) >= 11 is 0. The summed E-state index contributed by atoms with van der Waals surface area (Å²) in [6.45, 7) is 1.95. The minimum Gasteiger partial charge on any atom is -0.438 e. The minimum atomic E-state index is -1.26. The Balaban J connectivity index is 1.63. The van der Waals surface area contributed by atoms with Gasteiger partial charge in [0.1, 0.15) is 11.5 Å². The molecule has 27 heavy (non-hydrogen) atoms. The second kappa shape index (κ2) is 10.1. The van der Waals surface area contributed by atoms with E-state index in [-0.39, 0.29) is 6.04 Å². The molecule has 2 N–H and O–H groups in total. The van der Waals surface area contributed by atoms with Gasteiger partial charge in [0, 0.05) is 6.04 Å². The summed E-state index contributed by atoms with van der Waals surface area (Å²) in [5, 5.41) is 13.9. The van der Waals surface area contributed by atoms with Gasteiger partial charge in [-0.05, 0) is 36.8 Å². The Kier molecular flexibility index (Phi) is 7.23. The smallest absolute Gasteiger partial charge is 0.305 e. The molecule has 0 fully saturated rings. The Morgan fingerprint density at radius 1 is 0.778 bits per heavy atom. The Morgan fingerprint density at radius 2 is 1.22 bits per heavy atom. The van der Waals surface area contributed by atoms with Crippen LogP contribution in [0.3, 0.4) is 0 Å². The molecule has 0 amide bonds. The molecule has 0 saturated heterocycles. The van der Waals surface area contributed by atoms with E-state index in [1.54, 1.807) is 0 Å². The van der Waals surface area contributed by atoms with Crippen molar-refractivity contribution < 1.29 is 14.2 Å².